The molecule has 4 aliphatic rings. The number of H-pyrrole nitrogens is 1. The summed E-state index contributed by atoms with van der Waals surface area (Å²) in [6.45, 7) is 3.52. The zero-order chi connectivity index (χ0) is 31.9. The summed E-state index contributed by atoms with van der Waals surface area (Å²) in [4.78, 5) is 68.5. The van der Waals surface area contributed by atoms with Crippen LogP contribution < -0.4 is 9.61 Å². The number of imide groups is 1. The van der Waals surface area contributed by atoms with Gasteiger partial charge in [-0.1, -0.05) is 48.9 Å². The first-order valence-electron chi connectivity index (χ1n) is 14.6. The highest BCUT2D eigenvalue weighted by atomic mass is 35.5. The van der Waals surface area contributed by atoms with Gasteiger partial charge in [0.05, 0.1) is 21.8 Å². The van der Waals surface area contributed by atoms with Gasteiger partial charge in [-0.15, -0.1) is 11.8 Å². The second-order valence-electron chi connectivity index (χ2n) is 12.4. The van der Waals surface area contributed by atoms with E-state index >= 15 is 0 Å². The van der Waals surface area contributed by atoms with Crippen LogP contribution in [0.15, 0.2) is 52.3 Å². The first-order valence-corrected chi connectivity index (χ1v) is 16.7. The maximum atomic E-state index is 14.0. The predicted octanol–water partition coefficient (Wildman–Crippen LogP) is 5.16. The number of nitro groups is 1. The zero-order valence-corrected chi connectivity index (χ0v) is 26.4. The number of ether oxygens (including phenoxy) is 1. The summed E-state index contributed by atoms with van der Waals surface area (Å²) < 4.78 is 6.28. The molecule has 7 unspecified atom stereocenters. The molecule has 3 fully saturated rings. The van der Waals surface area contributed by atoms with Gasteiger partial charge in [-0.3, -0.25) is 29.4 Å². The number of nitrogens with one attached hydrogen (secondary N) is 1. The number of carboxylic acid groups (broad SMARTS) is 1. The van der Waals surface area contributed by atoms with Gasteiger partial charge in [0.1, 0.15) is 18.4 Å². The number of aliphatic carboxylic acids is 1. The summed E-state index contributed by atoms with van der Waals surface area (Å²) in [5.74, 6) is -4.82. The summed E-state index contributed by atoms with van der Waals surface area (Å²) in [6.07, 6.45) is 0.591. The van der Waals surface area contributed by atoms with Crippen LogP contribution in [-0.4, -0.2) is 49.0 Å². The van der Waals surface area contributed by atoms with Crippen LogP contribution in [-0.2, 0) is 21.0 Å². The topological polar surface area (TPSA) is 160 Å². The average Bonchev–Trinajstić information content (AvgIpc) is 3.72. The highest BCUT2D eigenvalue weighted by Crippen LogP contribution is 2.69. The Kier molecular flexibility index (Phi) is 7.33. The number of halogens is 1. The van der Waals surface area contributed by atoms with Crippen molar-refractivity contribution in [3.8, 4) is 5.75 Å². The number of amides is 2. The van der Waals surface area contributed by atoms with E-state index in [2.05, 4.69) is 4.98 Å². The van der Waals surface area contributed by atoms with Crippen molar-refractivity contribution in [3.63, 3.8) is 0 Å². The van der Waals surface area contributed by atoms with Gasteiger partial charge in [0, 0.05) is 38.8 Å². The summed E-state index contributed by atoms with van der Waals surface area (Å²) in [6, 6.07) is 10.3. The molecule has 14 heteroatoms. The Labute approximate surface area is 270 Å². The number of hydrogen-bond donors (Lipinski definition) is 2. The molecule has 11 nitrogen and oxygen atoms in total. The number of fused-ring (bicyclic) bond motifs is 9. The third kappa shape index (κ3) is 4.69. The number of rotatable bonds is 8. The molecule has 2 aliphatic carbocycles. The normalized spacial score (nSPS) is 28.6. The van der Waals surface area contributed by atoms with Gasteiger partial charge in [0.25, 0.3) is 5.69 Å². The van der Waals surface area contributed by atoms with Gasteiger partial charge in [-0.05, 0) is 53.9 Å². The number of non-ortho nitro benzene ring substituents is 1. The van der Waals surface area contributed by atoms with E-state index in [4.69, 9.17) is 16.3 Å². The van der Waals surface area contributed by atoms with Gasteiger partial charge >= 0.3 is 10.8 Å². The molecule has 2 amide bonds. The minimum atomic E-state index is -1.26. The van der Waals surface area contributed by atoms with Gasteiger partial charge in [0.15, 0.2) is 0 Å². The Morgan fingerprint density at radius 3 is 2.47 bits per heavy atom. The van der Waals surface area contributed by atoms with E-state index in [1.807, 2.05) is 12.1 Å². The molecule has 0 radical (unpaired) electrons. The van der Waals surface area contributed by atoms with Crippen LogP contribution in [0.3, 0.4) is 0 Å². The molecule has 0 spiro atoms. The van der Waals surface area contributed by atoms with Crippen LogP contribution in [0.4, 0.5) is 5.69 Å². The number of benzene rings is 2. The molecular formula is C31H28ClN3O8S2. The number of nitro benzene ring substituents is 1. The van der Waals surface area contributed by atoms with Crippen molar-refractivity contribution in [2.75, 3.05) is 0 Å². The quantitative estimate of drug-likeness (QED) is 0.188. The first kappa shape index (κ1) is 30.0. The number of carboxylic acids is 1. The van der Waals surface area contributed by atoms with E-state index in [9.17, 15) is 34.4 Å². The second kappa shape index (κ2) is 11.0. The van der Waals surface area contributed by atoms with Crippen LogP contribution >= 0.6 is 34.7 Å². The van der Waals surface area contributed by atoms with Crippen LogP contribution in [0, 0.1) is 45.6 Å². The summed E-state index contributed by atoms with van der Waals surface area (Å²) in [7, 11) is 0. The third-order valence-electron chi connectivity index (χ3n) is 9.77. The fraction of sp³-hybridized carbons (Fsp3) is 0.419. The average molecular weight is 670 g/mol. The van der Waals surface area contributed by atoms with Crippen molar-refractivity contribution in [1.82, 2.24) is 9.88 Å². The number of likely N-dealkylation sites (tertiary alicyclic amines) is 1. The number of aromatic nitrogens is 1. The van der Waals surface area contributed by atoms with Crippen molar-refractivity contribution >= 4 is 58.2 Å². The summed E-state index contributed by atoms with van der Waals surface area (Å²) in [5, 5.41) is 23.0. The number of carbonyl (C=O) groups is 3. The molecule has 2 N–H and O–H groups in total. The lowest BCUT2D eigenvalue weighted by Gasteiger charge is -2.43. The second-order valence-corrected chi connectivity index (χ2v) is 15.1. The van der Waals surface area contributed by atoms with Crippen molar-refractivity contribution < 1.29 is 29.2 Å². The predicted molar refractivity (Wildman–Crippen MR) is 165 cm³/mol. The molecule has 7 rings (SSSR count). The SMILES string of the molecule is CC(C)C(C(=O)O)N1C(=O)C2C3CC(C2C1=O)C1C3Sc2[nH]c(=O)sc2[C@@H]1c1cc([N+](=O)[O-])ccc1OCc1ccc(Cl)cc1. The van der Waals surface area contributed by atoms with Gasteiger partial charge in [-0.25, -0.2) is 4.79 Å². The molecule has 1 aromatic heterocycles. The van der Waals surface area contributed by atoms with E-state index in [1.165, 1.54) is 23.9 Å². The van der Waals surface area contributed by atoms with E-state index in [0.29, 0.717) is 32.7 Å². The molecule has 3 aromatic rings. The van der Waals surface area contributed by atoms with Crippen molar-refractivity contribution in [3.05, 3.63) is 83.3 Å². The van der Waals surface area contributed by atoms with Gasteiger partial charge in [-0.2, -0.15) is 0 Å². The van der Waals surface area contributed by atoms with E-state index < -0.39 is 52.4 Å². The molecule has 2 aromatic carbocycles. The monoisotopic (exact) mass is 669 g/mol. The molecule has 2 bridgehead atoms. The van der Waals surface area contributed by atoms with Crippen LogP contribution in [0.5, 0.6) is 5.75 Å². The molecular weight excluding hydrogens is 642 g/mol. The Balaban J connectivity index is 1.32. The molecule has 8 atom stereocenters. The van der Waals surface area contributed by atoms with E-state index in [-0.39, 0.29) is 40.2 Å². The first-order chi connectivity index (χ1) is 21.5. The molecule has 2 saturated carbocycles. The largest absolute Gasteiger partial charge is 0.489 e. The third-order valence-corrected chi connectivity index (χ3v) is 12.6. The van der Waals surface area contributed by atoms with E-state index in [1.54, 1.807) is 32.0 Å². The maximum absolute atomic E-state index is 14.0. The molecule has 3 heterocycles. The number of thioether (sulfide) groups is 1. The maximum Gasteiger partial charge on any atom is 0.327 e. The lowest BCUT2D eigenvalue weighted by atomic mass is 9.68. The van der Waals surface area contributed by atoms with Crippen molar-refractivity contribution in [1.29, 1.82) is 0 Å². The van der Waals surface area contributed by atoms with Crippen LogP contribution in [0.25, 0.3) is 0 Å². The zero-order valence-electron chi connectivity index (χ0n) is 24.0. The number of nitrogens with zero attached hydrogens (tertiary/aromatic N) is 2. The number of aromatic amines is 1. The fourth-order valence-electron chi connectivity index (χ4n) is 8.12. The molecule has 45 heavy (non-hydrogen) atoms. The summed E-state index contributed by atoms with van der Waals surface area (Å²) in [5.41, 5.74) is 1.24. The Morgan fingerprint density at radius 2 is 1.82 bits per heavy atom. The summed E-state index contributed by atoms with van der Waals surface area (Å²) >= 11 is 8.56. The minimum absolute atomic E-state index is 0.136. The van der Waals surface area contributed by atoms with Gasteiger partial charge in [0.2, 0.25) is 11.8 Å². The van der Waals surface area contributed by atoms with Crippen LogP contribution in [0.2, 0.25) is 5.02 Å². The number of carbonyl (C=O) groups excluding carboxylic acids is 2. The smallest absolute Gasteiger partial charge is 0.327 e. The highest BCUT2D eigenvalue weighted by Gasteiger charge is 2.70. The number of hydrogen-bond acceptors (Lipinski definition) is 9. The molecule has 1 saturated heterocycles. The van der Waals surface area contributed by atoms with E-state index in [0.717, 1.165) is 21.8 Å². The molecule has 234 valence electrons. The highest BCUT2D eigenvalue weighted by molar-refractivity contribution is 8.00. The number of thiazole rings is 1. The van der Waals surface area contributed by atoms with Crippen LogP contribution in [0.1, 0.15) is 42.2 Å². The Hall–Kier alpha value is -3.68. The Morgan fingerprint density at radius 1 is 1.13 bits per heavy atom. The van der Waals surface area contributed by atoms with Gasteiger partial charge < -0.3 is 14.8 Å². The standard InChI is InChI=1S/C31H28ClN3O8S2/c1-12(2)24(30(38)39)34-28(36)22-17-10-18(23(22)29(34)37)25-21(17)20(26-27(44-25)33-31(40)45-26)16-9-15(35(41)42)7-8-19(16)43-11-13-3-5-14(32)6-4-13/h3-9,12,17-18,20-25H,10-11H2,1-2H3,(H,33,40)(H,38,39)/t17?,18?,20-,21?,22?,23?,24?,25?/m1/s1. The lowest BCUT2D eigenvalue weighted by Crippen LogP contribution is -2.49. The van der Waals surface area contributed by atoms with Crippen molar-refractivity contribution in [2.45, 2.75) is 49.1 Å². The fourth-order valence-corrected chi connectivity index (χ4v) is 11.1. The molecule has 2 aliphatic heterocycles. The van der Waals surface area contributed by atoms with Crippen molar-refractivity contribution in [2.24, 2.45) is 35.5 Å². The minimum Gasteiger partial charge on any atom is -0.489 e. The Bertz CT molecular complexity index is 1810. The lowest BCUT2D eigenvalue weighted by molar-refractivity contribution is -0.385.